The van der Waals surface area contributed by atoms with Crippen molar-refractivity contribution in [2.75, 3.05) is 43.9 Å². The minimum absolute atomic E-state index is 0.0331. The second-order valence-electron chi connectivity index (χ2n) is 8.62. The quantitative estimate of drug-likeness (QED) is 0.427. The van der Waals surface area contributed by atoms with Gasteiger partial charge in [-0.15, -0.1) is 0 Å². The Hall–Kier alpha value is -4.44. The fourth-order valence-corrected chi connectivity index (χ4v) is 3.89. The van der Waals surface area contributed by atoms with Crippen molar-refractivity contribution in [1.82, 2.24) is 34.7 Å². The third-order valence-electron chi connectivity index (χ3n) is 5.84. The molecule has 0 bridgehead atoms. The zero-order valence-corrected chi connectivity index (χ0v) is 20.2. The van der Waals surface area contributed by atoms with Gasteiger partial charge in [-0.2, -0.15) is 4.98 Å². The van der Waals surface area contributed by atoms with Crippen molar-refractivity contribution in [3.63, 3.8) is 0 Å². The first kappa shape index (κ1) is 23.3. The molecular formula is C26H27N9O. The van der Waals surface area contributed by atoms with E-state index in [0.29, 0.717) is 34.7 Å². The summed E-state index contributed by atoms with van der Waals surface area (Å²) in [6, 6.07) is 16.7. The van der Waals surface area contributed by atoms with Gasteiger partial charge < -0.3 is 20.4 Å². The van der Waals surface area contributed by atoms with Gasteiger partial charge in [0, 0.05) is 55.5 Å². The van der Waals surface area contributed by atoms with E-state index in [1.165, 1.54) is 0 Å². The van der Waals surface area contributed by atoms with Crippen LogP contribution in [0.2, 0.25) is 0 Å². The number of piperazine rings is 1. The fourth-order valence-electron chi connectivity index (χ4n) is 3.89. The number of aromatic nitrogens is 5. The molecule has 2 N–H and O–H groups in total. The second-order valence-corrected chi connectivity index (χ2v) is 8.62. The molecule has 0 radical (unpaired) electrons. The predicted molar refractivity (Wildman–Crippen MR) is 138 cm³/mol. The molecule has 1 amide bonds. The van der Waals surface area contributed by atoms with Crippen LogP contribution in [0.5, 0.6) is 0 Å². The predicted octanol–water partition coefficient (Wildman–Crippen LogP) is 3.51. The number of aryl methyl sites for hydroxylation is 1. The van der Waals surface area contributed by atoms with E-state index in [1.54, 1.807) is 24.5 Å². The minimum Gasteiger partial charge on any atom is -0.336 e. The first-order valence-corrected chi connectivity index (χ1v) is 11.8. The Bertz CT molecular complexity index is 1370. The summed E-state index contributed by atoms with van der Waals surface area (Å²) in [6.07, 6.45) is 3.33. The number of benzene rings is 1. The van der Waals surface area contributed by atoms with Crippen LogP contribution in [0, 0.1) is 6.92 Å². The Balaban J connectivity index is 1.28. The van der Waals surface area contributed by atoms with E-state index in [2.05, 4.69) is 47.5 Å². The lowest BCUT2D eigenvalue weighted by Crippen LogP contribution is -2.47. The molecule has 182 valence electrons. The molecule has 0 spiro atoms. The Morgan fingerprint density at radius 3 is 2.39 bits per heavy atom. The van der Waals surface area contributed by atoms with E-state index >= 15 is 0 Å². The van der Waals surface area contributed by atoms with Crippen LogP contribution in [-0.2, 0) is 0 Å². The van der Waals surface area contributed by atoms with Gasteiger partial charge in [0.1, 0.15) is 17.3 Å². The van der Waals surface area contributed by atoms with Gasteiger partial charge in [0.15, 0.2) is 5.82 Å². The molecule has 5 rings (SSSR count). The average molecular weight is 482 g/mol. The van der Waals surface area contributed by atoms with Crippen molar-refractivity contribution in [2.24, 2.45) is 0 Å². The Kier molecular flexibility index (Phi) is 6.76. The molecular weight excluding hydrogens is 454 g/mol. The van der Waals surface area contributed by atoms with Crippen LogP contribution in [0.3, 0.4) is 0 Å². The maximum Gasteiger partial charge on any atom is 0.254 e. The van der Waals surface area contributed by atoms with Crippen LogP contribution in [-0.4, -0.2) is 73.9 Å². The highest BCUT2D eigenvalue weighted by molar-refractivity contribution is 5.95. The lowest BCUT2D eigenvalue weighted by Gasteiger charge is -2.32. The molecule has 0 saturated carbocycles. The van der Waals surface area contributed by atoms with Gasteiger partial charge in [-0.25, -0.2) is 19.9 Å². The Morgan fingerprint density at radius 2 is 1.58 bits per heavy atom. The molecule has 1 aliphatic rings. The number of likely N-dealkylation sites (N-methyl/N-ethyl adjacent to an activating group) is 1. The number of carbonyl (C=O) groups excluding carboxylic acids is 1. The van der Waals surface area contributed by atoms with E-state index in [-0.39, 0.29) is 5.91 Å². The fraction of sp³-hybridized carbons (Fsp3) is 0.231. The summed E-state index contributed by atoms with van der Waals surface area (Å²) in [7, 11) is 2.07. The molecule has 1 saturated heterocycles. The summed E-state index contributed by atoms with van der Waals surface area (Å²) in [6.45, 7) is 5.15. The van der Waals surface area contributed by atoms with Gasteiger partial charge in [0.2, 0.25) is 5.95 Å². The molecule has 1 fully saturated rings. The number of hydrogen-bond donors (Lipinski definition) is 2. The molecule has 4 heterocycles. The molecule has 1 aromatic carbocycles. The van der Waals surface area contributed by atoms with Crippen molar-refractivity contribution in [2.45, 2.75) is 6.92 Å². The number of hydrogen-bond acceptors (Lipinski definition) is 9. The van der Waals surface area contributed by atoms with E-state index in [0.717, 1.165) is 37.6 Å². The molecule has 4 aromatic rings. The molecule has 0 unspecified atom stereocenters. The number of amides is 1. The first-order chi connectivity index (χ1) is 17.5. The van der Waals surface area contributed by atoms with Crippen molar-refractivity contribution < 1.29 is 4.79 Å². The molecule has 10 heteroatoms. The van der Waals surface area contributed by atoms with Gasteiger partial charge in [0.25, 0.3) is 5.91 Å². The molecule has 1 aliphatic heterocycles. The number of rotatable bonds is 6. The standard InChI is InChI=1S/C26H27N9O/c1-18-5-3-8-21(29-18)24-27-11-9-22(32-24)31-23-10-12-28-26(33-23)30-20-7-4-6-19(17-20)25(36)35-15-13-34(2)14-16-35/h3-12,17H,13-16H2,1-2H3,(H2,27,28,30,31,32,33). The highest BCUT2D eigenvalue weighted by Gasteiger charge is 2.20. The lowest BCUT2D eigenvalue weighted by atomic mass is 10.1. The maximum absolute atomic E-state index is 12.9. The van der Waals surface area contributed by atoms with Crippen LogP contribution in [0.1, 0.15) is 16.1 Å². The van der Waals surface area contributed by atoms with Crippen molar-refractivity contribution in [3.05, 3.63) is 78.2 Å². The summed E-state index contributed by atoms with van der Waals surface area (Å²) < 4.78 is 0. The summed E-state index contributed by atoms with van der Waals surface area (Å²) in [5.74, 6) is 2.12. The summed E-state index contributed by atoms with van der Waals surface area (Å²) in [5.41, 5.74) is 2.98. The van der Waals surface area contributed by atoms with Gasteiger partial charge in [-0.05, 0) is 56.4 Å². The van der Waals surface area contributed by atoms with Crippen LogP contribution in [0.4, 0.5) is 23.3 Å². The highest BCUT2D eigenvalue weighted by atomic mass is 16.2. The largest absolute Gasteiger partial charge is 0.336 e. The minimum atomic E-state index is 0.0331. The topological polar surface area (TPSA) is 112 Å². The number of anilines is 4. The van der Waals surface area contributed by atoms with Gasteiger partial charge in [-0.1, -0.05) is 12.1 Å². The zero-order valence-electron chi connectivity index (χ0n) is 20.2. The smallest absolute Gasteiger partial charge is 0.254 e. The van der Waals surface area contributed by atoms with Gasteiger partial charge in [0.05, 0.1) is 0 Å². The van der Waals surface area contributed by atoms with Crippen LogP contribution < -0.4 is 10.6 Å². The lowest BCUT2D eigenvalue weighted by molar-refractivity contribution is 0.0664. The molecule has 3 aromatic heterocycles. The van der Waals surface area contributed by atoms with Gasteiger partial charge >= 0.3 is 0 Å². The highest BCUT2D eigenvalue weighted by Crippen LogP contribution is 2.20. The van der Waals surface area contributed by atoms with E-state index in [4.69, 9.17) is 0 Å². The SMILES string of the molecule is Cc1cccc(-c2nccc(Nc3ccnc(Nc4cccc(C(=O)N5CCN(C)CC5)c4)n3)n2)n1. The molecule has 0 aliphatic carbocycles. The zero-order chi connectivity index (χ0) is 24.9. The third-order valence-corrected chi connectivity index (χ3v) is 5.84. The van der Waals surface area contributed by atoms with Crippen LogP contribution >= 0.6 is 0 Å². The van der Waals surface area contributed by atoms with Crippen LogP contribution in [0.15, 0.2) is 67.0 Å². The van der Waals surface area contributed by atoms with Crippen LogP contribution in [0.25, 0.3) is 11.5 Å². The number of carbonyl (C=O) groups is 1. The van der Waals surface area contributed by atoms with E-state index in [9.17, 15) is 4.79 Å². The molecule has 0 atom stereocenters. The maximum atomic E-state index is 12.9. The van der Waals surface area contributed by atoms with E-state index in [1.807, 2.05) is 54.3 Å². The monoisotopic (exact) mass is 481 g/mol. The normalized spacial score (nSPS) is 13.9. The Labute approximate surface area is 209 Å². The molecule has 36 heavy (non-hydrogen) atoms. The summed E-state index contributed by atoms with van der Waals surface area (Å²) in [5, 5.41) is 6.39. The average Bonchev–Trinajstić information content (AvgIpc) is 2.89. The third kappa shape index (κ3) is 5.61. The first-order valence-electron chi connectivity index (χ1n) is 11.8. The van der Waals surface area contributed by atoms with Crippen molar-refractivity contribution >= 4 is 29.2 Å². The number of pyridine rings is 1. The Morgan fingerprint density at radius 1 is 0.833 bits per heavy atom. The second kappa shape index (κ2) is 10.4. The van der Waals surface area contributed by atoms with Crippen molar-refractivity contribution in [3.8, 4) is 11.5 Å². The summed E-state index contributed by atoms with van der Waals surface area (Å²) >= 11 is 0. The van der Waals surface area contributed by atoms with Crippen molar-refractivity contribution in [1.29, 1.82) is 0 Å². The summed E-state index contributed by atoms with van der Waals surface area (Å²) in [4.78, 5) is 39.3. The van der Waals surface area contributed by atoms with E-state index < -0.39 is 0 Å². The van der Waals surface area contributed by atoms with Gasteiger partial charge in [-0.3, -0.25) is 4.79 Å². The number of nitrogens with zero attached hydrogens (tertiary/aromatic N) is 7. The molecule has 10 nitrogen and oxygen atoms in total. The number of nitrogens with one attached hydrogen (secondary N) is 2.